The van der Waals surface area contributed by atoms with Gasteiger partial charge in [-0.3, -0.25) is 4.99 Å². The third-order valence-electron chi connectivity index (χ3n) is 3.87. The molecular weight excluding hydrogens is 537 g/mol. The number of halogens is 3. The summed E-state index contributed by atoms with van der Waals surface area (Å²) in [6, 6.07) is 3.11. The van der Waals surface area contributed by atoms with Crippen molar-refractivity contribution in [3.8, 4) is 5.75 Å². The van der Waals surface area contributed by atoms with E-state index in [-0.39, 0.29) is 48.6 Å². The summed E-state index contributed by atoms with van der Waals surface area (Å²) in [7, 11) is -3.30. The average Bonchev–Trinajstić information content (AvgIpc) is 2.67. The Bertz CT molecular complexity index is 763. The highest BCUT2D eigenvalue weighted by atomic mass is 127. The zero-order valence-electron chi connectivity index (χ0n) is 16.2. The Labute approximate surface area is 192 Å². The Morgan fingerprint density at radius 3 is 2.66 bits per heavy atom. The van der Waals surface area contributed by atoms with Gasteiger partial charge in [-0.05, 0) is 19.1 Å². The molecule has 0 bridgehead atoms. The third kappa shape index (κ3) is 9.22. The van der Waals surface area contributed by atoms with Crippen molar-refractivity contribution in [1.82, 2.24) is 14.9 Å². The van der Waals surface area contributed by atoms with Crippen LogP contribution in [0.1, 0.15) is 6.92 Å². The van der Waals surface area contributed by atoms with Gasteiger partial charge in [-0.1, -0.05) is 0 Å². The number of hydrogen-bond donors (Lipinski definition) is 2. The number of ether oxygens (including phenoxy) is 1. The van der Waals surface area contributed by atoms with E-state index in [2.05, 4.69) is 15.6 Å². The summed E-state index contributed by atoms with van der Waals surface area (Å²) >= 11 is 1.75. The van der Waals surface area contributed by atoms with Crippen LogP contribution in [0.2, 0.25) is 0 Å². The summed E-state index contributed by atoms with van der Waals surface area (Å²) < 4.78 is 57.8. The number of thioether (sulfide) groups is 1. The van der Waals surface area contributed by atoms with Crippen LogP contribution < -0.4 is 15.4 Å². The van der Waals surface area contributed by atoms with Crippen LogP contribution >= 0.6 is 35.7 Å². The Hall–Kier alpha value is -0.860. The average molecular weight is 564 g/mol. The molecule has 1 saturated heterocycles. The van der Waals surface area contributed by atoms with Gasteiger partial charge in [0.25, 0.3) is 0 Å². The van der Waals surface area contributed by atoms with Crippen molar-refractivity contribution >= 4 is 51.7 Å². The number of rotatable bonds is 9. The second-order valence-corrected chi connectivity index (χ2v) is 9.25. The monoisotopic (exact) mass is 564 g/mol. The van der Waals surface area contributed by atoms with E-state index in [1.807, 2.05) is 6.92 Å². The summed E-state index contributed by atoms with van der Waals surface area (Å²) in [6.07, 6.45) is 0. The van der Waals surface area contributed by atoms with Gasteiger partial charge in [-0.2, -0.15) is 11.8 Å². The molecule has 0 aromatic heterocycles. The Morgan fingerprint density at radius 1 is 1.28 bits per heavy atom. The molecule has 0 saturated carbocycles. The van der Waals surface area contributed by atoms with E-state index < -0.39 is 21.7 Å². The van der Waals surface area contributed by atoms with Crippen molar-refractivity contribution in [1.29, 1.82) is 0 Å². The SMILES string of the molecule is CCNC(=NCCS(=O)(=O)N1CCSCC1)NCCOc1ccc(F)cc1F.I. The molecule has 7 nitrogen and oxygen atoms in total. The fourth-order valence-corrected chi connectivity index (χ4v) is 4.94. The smallest absolute Gasteiger partial charge is 0.215 e. The molecule has 1 aromatic rings. The molecule has 0 aliphatic carbocycles. The maximum atomic E-state index is 13.5. The number of sulfonamides is 1. The molecule has 1 fully saturated rings. The predicted molar refractivity (Wildman–Crippen MR) is 124 cm³/mol. The van der Waals surface area contributed by atoms with Gasteiger partial charge >= 0.3 is 0 Å². The van der Waals surface area contributed by atoms with E-state index in [9.17, 15) is 17.2 Å². The quantitative estimate of drug-likeness (QED) is 0.207. The van der Waals surface area contributed by atoms with E-state index in [0.717, 1.165) is 23.6 Å². The standard InChI is InChI=1S/C17H26F2N4O3S2.HI/c1-2-20-17(21-5-9-26-16-4-3-14(18)13-15(16)19)22-6-12-28(24,25)23-7-10-27-11-8-23;/h3-4,13H,2,5-12H2,1H3,(H2,20,21,22);1H. The Morgan fingerprint density at radius 2 is 2.00 bits per heavy atom. The molecule has 2 rings (SSSR count). The van der Waals surface area contributed by atoms with Crippen LogP contribution in [0.15, 0.2) is 23.2 Å². The molecule has 0 unspecified atom stereocenters. The largest absolute Gasteiger partial charge is 0.489 e. The van der Waals surface area contributed by atoms with E-state index in [4.69, 9.17) is 4.74 Å². The van der Waals surface area contributed by atoms with E-state index in [1.54, 1.807) is 11.8 Å². The van der Waals surface area contributed by atoms with Crippen LogP contribution in [0.25, 0.3) is 0 Å². The Kier molecular flexibility index (Phi) is 12.1. The fourth-order valence-electron chi connectivity index (χ4n) is 2.49. The van der Waals surface area contributed by atoms with Gasteiger partial charge in [0, 0.05) is 37.2 Å². The minimum atomic E-state index is -3.30. The summed E-state index contributed by atoms with van der Waals surface area (Å²) in [5.41, 5.74) is 0. The van der Waals surface area contributed by atoms with Crippen molar-refractivity contribution in [3.05, 3.63) is 29.8 Å². The van der Waals surface area contributed by atoms with Crippen LogP contribution in [0.3, 0.4) is 0 Å². The minimum absolute atomic E-state index is 0. The molecule has 1 heterocycles. The number of nitrogens with one attached hydrogen (secondary N) is 2. The second kappa shape index (κ2) is 13.4. The van der Waals surface area contributed by atoms with Crippen LogP contribution in [0, 0.1) is 11.6 Å². The van der Waals surface area contributed by atoms with Gasteiger partial charge in [0.1, 0.15) is 12.4 Å². The number of nitrogens with zero attached hydrogens (tertiary/aromatic N) is 2. The number of aliphatic imine (C=N–C) groups is 1. The molecule has 1 aromatic carbocycles. The van der Waals surface area contributed by atoms with Gasteiger partial charge < -0.3 is 15.4 Å². The lowest BCUT2D eigenvalue weighted by Gasteiger charge is -2.25. The second-order valence-electron chi connectivity index (χ2n) is 5.94. The highest BCUT2D eigenvalue weighted by molar-refractivity contribution is 14.0. The van der Waals surface area contributed by atoms with E-state index in [0.29, 0.717) is 32.1 Å². The van der Waals surface area contributed by atoms with Crippen molar-refractivity contribution in [2.75, 3.05) is 56.6 Å². The zero-order chi connectivity index (χ0) is 20.4. The van der Waals surface area contributed by atoms with Gasteiger partial charge in [-0.15, -0.1) is 24.0 Å². The van der Waals surface area contributed by atoms with Gasteiger partial charge in [0.15, 0.2) is 17.5 Å². The van der Waals surface area contributed by atoms with Crippen molar-refractivity contribution in [2.45, 2.75) is 6.92 Å². The van der Waals surface area contributed by atoms with Crippen LogP contribution in [0.5, 0.6) is 5.75 Å². The lowest BCUT2D eigenvalue weighted by molar-refractivity contribution is 0.304. The molecule has 0 radical (unpaired) electrons. The molecule has 0 spiro atoms. The predicted octanol–water partition coefficient (Wildman–Crippen LogP) is 1.90. The normalized spacial score (nSPS) is 15.5. The van der Waals surface area contributed by atoms with E-state index in [1.165, 1.54) is 10.4 Å². The molecule has 1 aliphatic heterocycles. The lowest BCUT2D eigenvalue weighted by atomic mass is 10.3. The van der Waals surface area contributed by atoms with Crippen molar-refractivity contribution in [2.24, 2.45) is 4.99 Å². The maximum absolute atomic E-state index is 13.5. The first-order valence-corrected chi connectivity index (χ1v) is 11.8. The zero-order valence-corrected chi connectivity index (χ0v) is 20.2. The third-order valence-corrected chi connectivity index (χ3v) is 6.67. The van der Waals surface area contributed by atoms with Crippen molar-refractivity contribution < 1.29 is 21.9 Å². The molecule has 1 aliphatic rings. The highest BCUT2D eigenvalue weighted by Crippen LogP contribution is 2.17. The first kappa shape index (κ1) is 26.2. The highest BCUT2D eigenvalue weighted by Gasteiger charge is 2.23. The molecule has 166 valence electrons. The molecule has 0 atom stereocenters. The summed E-state index contributed by atoms with van der Waals surface area (Å²) in [5.74, 6) is 0.588. The molecule has 12 heteroatoms. The van der Waals surface area contributed by atoms with Crippen LogP contribution in [-0.2, 0) is 10.0 Å². The number of benzene rings is 1. The lowest BCUT2D eigenvalue weighted by Crippen LogP contribution is -2.41. The number of guanidine groups is 1. The summed E-state index contributed by atoms with van der Waals surface area (Å²) in [4.78, 5) is 4.27. The molecule has 0 amide bonds. The number of hydrogen-bond acceptors (Lipinski definition) is 5. The first-order valence-electron chi connectivity index (χ1n) is 9.08. The first-order chi connectivity index (χ1) is 13.4. The van der Waals surface area contributed by atoms with Crippen molar-refractivity contribution in [3.63, 3.8) is 0 Å². The minimum Gasteiger partial charge on any atom is -0.489 e. The van der Waals surface area contributed by atoms with E-state index >= 15 is 0 Å². The Balaban J connectivity index is 0.00000420. The molecule has 29 heavy (non-hydrogen) atoms. The van der Waals surface area contributed by atoms with Gasteiger partial charge in [0.05, 0.1) is 18.8 Å². The summed E-state index contributed by atoms with van der Waals surface area (Å²) in [5, 5.41) is 6.01. The maximum Gasteiger partial charge on any atom is 0.215 e. The van der Waals surface area contributed by atoms with Crippen LogP contribution in [-0.4, -0.2) is 75.3 Å². The topological polar surface area (TPSA) is 83.0 Å². The summed E-state index contributed by atoms with van der Waals surface area (Å²) in [6.45, 7) is 4.18. The fraction of sp³-hybridized carbons (Fsp3) is 0.588. The van der Waals surface area contributed by atoms with Gasteiger partial charge in [-0.25, -0.2) is 21.5 Å². The van der Waals surface area contributed by atoms with Gasteiger partial charge in [0.2, 0.25) is 10.0 Å². The van der Waals surface area contributed by atoms with Crippen LogP contribution in [0.4, 0.5) is 8.78 Å². The molecule has 2 N–H and O–H groups in total. The molecular formula is C17H27F2IN4O3S2.